The molecule has 7 nitrogen and oxygen atoms in total. The minimum absolute atomic E-state index is 0.0279. The average Bonchev–Trinajstić information content (AvgIpc) is 2.16. The largest absolute Gasteiger partial charge is 0.383 e. The van der Waals surface area contributed by atoms with E-state index >= 15 is 0 Å². The standard InChI is InChI=1S/C9H16N4O3S/c1-9(2,6-16-3)13-17(14,15)7-4-11-8(10)12-5-7/h4-5,13H,6H2,1-3H3,(H2,10,11,12). The molecule has 0 atom stereocenters. The zero-order valence-corrected chi connectivity index (χ0v) is 10.8. The van der Waals surface area contributed by atoms with E-state index < -0.39 is 15.6 Å². The third-order valence-corrected chi connectivity index (χ3v) is 3.53. The zero-order valence-electron chi connectivity index (χ0n) is 9.97. The van der Waals surface area contributed by atoms with Gasteiger partial charge in [-0.05, 0) is 13.8 Å². The van der Waals surface area contributed by atoms with Crippen LogP contribution < -0.4 is 10.5 Å². The molecule has 0 aromatic carbocycles. The highest BCUT2D eigenvalue weighted by Crippen LogP contribution is 2.11. The lowest BCUT2D eigenvalue weighted by Crippen LogP contribution is -2.46. The first-order chi connectivity index (χ1) is 7.77. The molecule has 1 aromatic rings. The Morgan fingerprint density at radius 2 is 1.94 bits per heavy atom. The molecule has 3 N–H and O–H groups in total. The summed E-state index contributed by atoms with van der Waals surface area (Å²) in [6, 6.07) is 0. The number of ether oxygens (including phenoxy) is 1. The van der Waals surface area contributed by atoms with Gasteiger partial charge in [0.15, 0.2) is 0 Å². The van der Waals surface area contributed by atoms with Crippen LogP contribution in [0.3, 0.4) is 0 Å². The molecule has 0 fully saturated rings. The van der Waals surface area contributed by atoms with E-state index in [0.29, 0.717) is 0 Å². The Labute approximate surface area is 100 Å². The molecule has 1 aromatic heterocycles. The van der Waals surface area contributed by atoms with E-state index in [0.717, 1.165) is 12.4 Å². The summed E-state index contributed by atoms with van der Waals surface area (Å²) < 4.78 is 31.3. The van der Waals surface area contributed by atoms with Crippen LogP contribution in [0.1, 0.15) is 13.8 Å². The number of nitrogens with two attached hydrogens (primary N) is 1. The van der Waals surface area contributed by atoms with Crippen molar-refractivity contribution in [3.05, 3.63) is 12.4 Å². The number of nitrogen functional groups attached to an aromatic ring is 1. The minimum atomic E-state index is -3.67. The second-order valence-electron chi connectivity index (χ2n) is 4.20. The van der Waals surface area contributed by atoms with Gasteiger partial charge in [-0.25, -0.2) is 23.1 Å². The van der Waals surface area contributed by atoms with Gasteiger partial charge in [-0.1, -0.05) is 0 Å². The van der Waals surface area contributed by atoms with Crippen LogP contribution in [-0.2, 0) is 14.8 Å². The highest BCUT2D eigenvalue weighted by atomic mass is 32.2. The van der Waals surface area contributed by atoms with E-state index in [9.17, 15) is 8.42 Å². The van der Waals surface area contributed by atoms with Crippen molar-refractivity contribution < 1.29 is 13.2 Å². The molecule has 8 heteroatoms. The van der Waals surface area contributed by atoms with Gasteiger partial charge in [-0.2, -0.15) is 0 Å². The van der Waals surface area contributed by atoms with E-state index in [2.05, 4.69) is 14.7 Å². The number of sulfonamides is 1. The maximum Gasteiger partial charge on any atom is 0.244 e. The van der Waals surface area contributed by atoms with Gasteiger partial charge in [0.25, 0.3) is 0 Å². The van der Waals surface area contributed by atoms with Crippen LogP contribution in [0.5, 0.6) is 0 Å². The number of rotatable bonds is 5. The van der Waals surface area contributed by atoms with Crippen LogP contribution in [0.15, 0.2) is 17.3 Å². The van der Waals surface area contributed by atoms with Crippen LogP contribution in [-0.4, -0.2) is 37.6 Å². The summed E-state index contributed by atoms with van der Waals surface area (Å²) in [6.45, 7) is 3.68. The molecule has 0 spiro atoms. The highest BCUT2D eigenvalue weighted by molar-refractivity contribution is 7.89. The molecule has 0 saturated carbocycles. The Morgan fingerprint density at radius 1 is 1.41 bits per heavy atom. The normalized spacial score (nSPS) is 12.6. The lowest BCUT2D eigenvalue weighted by molar-refractivity contribution is 0.141. The first-order valence-corrected chi connectivity index (χ1v) is 6.35. The second-order valence-corrected chi connectivity index (χ2v) is 5.88. The minimum Gasteiger partial charge on any atom is -0.383 e. The van der Waals surface area contributed by atoms with Crippen molar-refractivity contribution in [2.24, 2.45) is 0 Å². The fourth-order valence-electron chi connectivity index (χ4n) is 1.28. The quantitative estimate of drug-likeness (QED) is 0.756. The molecule has 0 unspecified atom stereocenters. The number of nitrogens with one attached hydrogen (secondary N) is 1. The second kappa shape index (κ2) is 4.94. The number of hydrogen-bond acceptors (Lipinski definition) is 6. The van der Waals surface area contributed by atoms with Crippen LogP contribution in [0.25, 0.3) is 0 Å². The Kier molecular flexibility index (Phi) is 4.02. The van der Waals surface area contributed by atoms with Crippen LogP contribution >= 0.6 is 0 Å². The molecule has 0 amide bonds. The number of anilines is 1. The molecular formula is C9H16N4O3S. The van der Waals surface area contributed by atoms with E-state index in [-0.39, 0.29) is 17.5 Å². The molecule has 96 valence electrons. The van der Waals surface area contributed by atoms with Gasteiger partial charge >= 0.3 is 0 Å². The molecule has 0 bridgehead atoms. The topological polar surface area (TPSA) is 107 Å². The summed E-state index contributed by atoms with van der Waals surface area (Å²) in [7, 11) is -2.17. The summed E-state index contributed by atoms with van der Waals surface area (Å²) in [5, 5.41) is 0. The lowest BCUT2D eigenvalue weighted by Gasteiger charge is -2.24. The van der Waals surface area contributed by atoms with Gasteiger partial charge in [-0.15, -0.1) is 0 Å². The Bertz CT molecular complexity index is 470. The zero-order chi connectivity index (χ0) is 13.1. The predicted octanol–water partition coefficient (Wildman–Crippen LogP) is -0.238. The average molecular weight is 260 g/mol. The third kappa shape index (κ3) is 3.91. The van der Waals surface area contributed by atoms with Crippen molar-refractivity contribution >= 4 is 16.0 Å². The molecule has 0 radical (unpaired) electrons. The number of methoxy groups -OCH3 is 1. The van der Waals surface area contributed by atoms with E-state index in [1.165, 1.54) is 7.11 Å². The molecular weight excluding hydrogens is 244 g/mol. The van der Waals surface area contributed by atoms with Crippen molar-refractivity contribution in [3.63, 3.8) is 0 Å². The van der Waals surface area contributed by atoms with Crippen molar-refractivity contribution in [3.8, 4) is 0 Å². The molecule has 0 aliphatic heterocycles. The van der Waals surface area contributed by atoms with E-state index in [1.54, 1.807) is 13.8 Å². The van der Waals surface area contributed by atoms with Crippen molar-refractivity contribution in [1.82, 2.24) is 14.7 Å². The van der Waals surface area contributed by atoms with Crippen LogP contribution in [0, 0.1) is 0 Å². The first kappa shape index (κ1) is 13.8. The smallest absolute Gasteiger partial charge is 0.244 e. The first-order valence-electron chi connectivity index (χ1n) is 4.87. The number of aromatic nitrogens is 2. The fourth-order valence-corrected chi connectivity index (χ4v) is 2.57. The van der Waals surface area contributed by atoms with Gasteiger partial charge in [-0.3, -0.25) is 0 Å². The van der Waals surface area contributed by atoms with Gasteiger partial charge in [0.2, 0.25) is 16.0 Å². The van der Waals surface area contributed by atoms with Crippen LogP contribution in [0.2, 0.25) is 0 Å². The SMILES string of the molecule is COCC(C)(C)NS(=O)(=O)c1cnc(N)nc1. The number of hydrogen-bond donors (Lipinski definition) is 2. The van der Waals surface area contributed by atoms with Crippen molar-refractivity contribution in [2.75, 3.05) is 19.5 Å². The fraction of sp³-hybridized carbons (Fsp3) is 0.556. The summed E-state index contributed by atoms with van der Waals surface area (Å²) >= 11 is 0. The van der Waals surface area contributed by atoms with Gasteiger partial charge in [0, 0.05) is 7.11 Å². The van der Waals surface area contributed by atoms with Crippen molar-refractivity contribution in [1.29, 1.82) is 0 Å². The van der Waals surface area contributed by atoms with Crippen molar-refractivity contribution in [2.45, 2.75) is 24.3 Å². The van der Waals surface area contributed by atoms with E-state index in [1.807, 2.05) is 0 Å². The van der Waals surface area contributed by atoms with Crippen LogP contribution in [0.4, 0.5) is 5.95 Å². The maximum absolute atomic E-state index is 11.9. The maximum atomic E-state index is 11.9. The summed E-state index contributed by atoms with van der Waals surface area (Å²) in [6.07, 6.45) is 2.32. The monoisotopic (exact) mass is 260 g/mol. The Morgan fingerprint density at radius 3 is 2.41 bits per heavy atom. The molecule has 1 rings (SSSR count). The predicted molar refractivity (Wildman–Crippen MR) is 62.7 cm³/mol. The molecule has 0 aliphatic carbocycles. The molecule has 0 aliphatic rings. The number of nitrogens with zero attached hydrogens (tertiary/aromatic N) is 2. The van der Waals surface area contributed by atoms with Gasteiger partial charge in [0.1, 0.15) is 4.90 Å². The molecule has 1 heterocycles. The van der Waals surface area contributed by atoms with Gasteiger partial charge in [0.05, 0.1) is 24.5 Å². The molecule has 17 heavy (non-hydrogen) atoms. The lowest BCUT2D eigenvalue weighted by atomic mass is 10.1. The van der Waals surface area contributed by atoms with E-state index in [4.69, 9.17) is 10.5 Å². The highest BCUT2D eigenvalue weighted by Gasteiger charge is 2.26. The Hall–Kier alpha value is -1.25. The summed E-state index contributed by atoms with van der Waals surface area (Å²) in [5.41, 5.74) is 4.57. The third-order valence-electron chi connectivity index (χ3n) is 1.87. The Balaban J connectivity index is 2.93. The molecule has 0 saturated heterocycles. The summed E-state index contributed by atoms with van der Waals surface area (Å²) in [4.78, 5) is 7.24. The summed E-state index contributed by atoms with van der Waals surface area (Å²) in [5.74, 6) is 0.0279. The van der Waals surface area contributed by atoms with Gasteiger partial charge < -0.3 is 10.5 Å².